The lowest BCUT2D eigenvalue weighted by Crippen LogP contribution is -1.99. The number of hydrogen-bond acceptors (Lipinski definition) is 0. The lowest BCUT2D eigenvalue weighted by molar-refractivity contribution is 0.550. The van der Waals surface area contributed by atoms with Crippen LogP contribution in [0.4, 0.5) is 0 Å². The van der Waals surface area contributed by atoms with E-state index >= 15 is 0 Å². The summed E-state index contributed by atoms with van der Waals surface area (Å²) in [5, 5.41) is 0. The predicted molar refractivity (Wildman–Crippen MR) is 63.6 cm³/mol. The van der Waals surface area contributed by atoms with Crippen LogP contribution in [0.1, 0.15) is 31.7 Å². The molecule has 0 unspecified atom stereocenters. The second-order valence-corrected chi connectivity index (χ2v) is 4.22. The van der Waals surface area contributed by atoms with Crippen molar-refractivity contribution in [2.45, 2.75) is 26.2 Å². The maximum absolute atomic E-state index is 5.65. The van der Waals surface area contributed by atoms with Gasteiger partial charge in [0.05, 0.1) is 0 Å². The highest BCUT2D eigenvalue weighted by Gasteiger charge is 2.09. The average Bonchev–Trinajstić information content (AvgIpc) is 2.18. The highest BCUT2D eigenvalue weighted by Crippen LogP contribution is 2.25. The minimum absolute atomic E-state index is 0.452. The van der Waals surface area contributed by atoms with Crippen LogP contribution in [0.25, 0.3) is 0 Å². The van der Waals surface area contributed by atoms with Gasteiger partial charge in [0, 0.05) is 11.5 Å². The molecule has 0 saturated carbocycles. The third-order valence-electron chi connectivity index (χ3n) is 2.26. The van der Waals surface area contributed by atoms with Crippen molar-refractivity contribution in [2.24, 2.45) is 5.92 Å². The van der Waals surface area contributed by atoms with Crippen molar-refractivity contribution in [1.29, 1.82) is 0 Å². The first-order chi connectivity index (χ1) is 6.74. The molecule has 0 saturated heterocycles. The first-order valence-corrected chi connectivity index (χ1v) is 5.49. The number of hydrogen-bond donors (Lipinski definition) is 0. The molecule has 0 radical (unpaired) electrons. The molecule has 1 rings (SSSR count). The summed E-state index contributed by atoms with van der Waals surface area (Å²) in [4.78, 5) is 0. The number of halogens is 1. The van der Waals surface area contributed by atoms with Gasteiger partial charge in [-0.25, -0.2) is 0 Å². The van der Waals surface area contributed by atoms with Gasteiger partial charge in [-0.05, 0) is 17.9 Å². The molecule has 0 bridgehead atoms. The van der Waals surface area contributed by atoms with Crippen molar-refractivity contribution in [3.8, 4) is 0 Å². The van der Waals surface area contributed by atoms with Crippen molar-refractivity contribution in [3.63, 3.8) is 0 Å². The zero-order chi connectivity index (χ0) is 10.4. The molecule has 0 spiro atoms. The molecule has 0 fully saturated rings. The van der Waals surface area contributed by atoms with Gasteiger partial charge >= 0.3 is 0 Å². The molecule has 14 heavy (non-hydrogen) atoms. The molecule has 1 aromatic carbocycles. The third-order valence-corrected chi connectivity index (χ3v) is 2.40. The number of rotatable bonds is 4. The van der Waals surface area contributed by atoms with E-state index in [-0.39, 0.29) is 0 Å². The lowest BCUT2D eigenvalue weighted by Gasteiger charge is -2.15. The average molecular weight is 209 g/mol. The van der Waals surface area contributed by atoms with Crippen LogP contribution in [0.3, 0.4) is 0 Å². The first kappa shape index (κ1) is 11.3. The Labute approximate surface area is 91.6 Å². The Morgan fingerprint density at radius 2 is 1.86 bits per heavy atom. The smallest absolute Gasteiger partial charge is 0.00321 e. The fraction of sp³-hybridized carbons (Fsp3) is 0.385. The van der Waals surface area contributed by atoms with E-state index in [4.69, 9.17) is 11.6 Å². The molecule has 0 N–H and O–H groups in total. The van der Waals surface area contributed by atoms with Gasteiger partial charge in [-0.2, -0.15) is 0 Å². The van der Waals surface area contributed by atoms with Crippen molar-refractivity contribution in [1.82, 2.24) is 0 Å². The Morgan fingerprint density at radius 3 is 2.36 bits per heavy atom. The molecule has 76 valence electrons. The van der Waals surface area contributed by atoms with Crippen molar-refractivity contribution in [3.05, 3.63) is 47.5 Å². The highest BCUT2D eigenvalue weighted by atomic mass is 35.5. The zero-order valence-corrected chi connectivity index (χ0v) is 9.54. The van der Waals surface area contributed by atoms with Crippen LogP contribution in [0.2, 0.25) is 0 Å². The topological polar surface area (TPSA) is 0 Å². The summed E-state index contributed by atoms with van der Waals surface area (Å²) in [6.07, 6.45) is 3.21. The Morgan fingerprint density at radius 1 is 1.21 bits per heavy atom. The summed E-state index contributed by atoms with van der Waals surface area (Å²) in [6, 6.07) is 10.5. The number of allylic oxidation sites excluding steroid dienone is 1. The van der Waals surface area contributed by atoms with Crippen molar-refractivity contribution < 1.29 is 0 Å². The molecular formula is C13H17Cl. The van der Waals surface area contributed by atoms with E-state index < -0.39 is 0 Å². The van der Waals surface area contributed by atoms with Gasteiger partial charge in [0.15, 0.2) is 0 Å². The third kappa shape index (κ3) is 3.55. The van der Waals surface area contributed by atoms with Gasteiger partial charge in [0.1, 0.15) is 0 Å². The fourth-order valence-electron chi connectivity index (χ4n) is 1.62. The van der Waals surface area contributed by atoms with Gasteiger partial charge in [-0.1, -0.05) is 61.9 Å². The maximum atomic E-state index is 5.65. The summed E-state index contributed by atoms with van der Waals surface area (Å²) in [5.74, 6) is 1.14. The summed E-state index contributed by atoms with van der Waals surface area (Å²) in [5.41, 5.74) is 2.97. The monoisotopic (exact) mass is 208 g/mol. The lowest BCUT2D eigenvalue weighted by atomic mass is 9.90. The normalized spacial score (nSPS) is 13.7. The quantitative estimate of drug-likeness (QED) is 0.680. The van der Waals surface area contributed by atoms with Crippen LogP contribution < -0.4 is 0 Å². The standard InChI is InChI=1S/C13H17Cl/c1-11(2)10-13(8-9-14)12-6-4-3-5-7-12/h3-9,11,13H,10H2,1-2H3/b9-8-/t13-/m1/s1. The van der Waals surface area contributed by atoms with E-state index in [1.807, 2.05) is 6.07 Å². The minimum Gasteiger partial charge on any atom is -0.0933 e. The molecule has 0 aliphatic heterocycles. The highest BCUT2D eigenvalue weighted by molar-refractivity contribution is 6.25. The first-order valence-electron chi connectivity index (χ1n) is 5.06. The van der Waals surface area contributed by atoms with Gasteiger partial charge in [-0.3, -0.25) is 0 Å². The van der Waals surface area contributed by atoms with Crippen LogP contribution in [-0.4, -0.2) is 0 Å². The predicted octanol–water partition coefficient (Wildman–Crippen LogP) is 4.57. The molecule has 0 aromatic heterocycles. The van der Waals surface area contributed by atoms with E-state index in [1.165, 1.54) is 5.56 Å². The molecular weight excluding hydrogens is 192 g/mol. The SMILES string of the molecule is CC(C)C[C@@H](/C=C\Cl)c1ccccc1. The van der Waals surface area contributed by atoms with Crippen LogP contribution >= 0.6 is 11.6 Å². The van der Waals surface area contributed by atoms with E-state index in [0.29, 0.717) is 11.8 Å². The Hall–Kier alpha value is -0.750. The largest absolute Gasteiger partial charge is 0.0933 e. The van der Waals surface area contributed by atoms with E-state index in [1.54, 1.807) is 5.54 Å². The van der Waals surface area contributed by atoms with Crippen molar-refractivity contribution >= 4 is 11.6 Å². The summed E-state index contributed by atoms with van der Waals surface area (Å²) >= 11 is 5.65. The van der Waals surface area contributed by atoms with Gasteiger partial charge in [-0.15, -0.1) is 0 Å². The van der Waals surface area contributed by atoms with Gasteiger partial charge in [0.25, 0.3) is 0 Å². The van der Waals surface area contributed by atoms with E-state index in [9.17, 15) is 0 Å². The summed E-state index contributed by atoms with van der Waals surface area (Å²) < 4.78 is 0. The second kappa shape index (κ2) is 5.87. The van der Waals surface area contributed by atoms with Gasteiger partial charge < -0.3 is 0 Å². The molecule has 0 aliphatic carbocycles. The minimum atomic E-state index is 0.452. The van der Waals surface area contributed by atoms with Crippen LogP contribution in [-0.2, 0) is 0 Å². The molecule has 0 heterocycles. The second-order valence-electron chi connectivity index (χ2n) is 3.97. The molecule has 1 aromatic rings. The Kier molecular flexibility index (Phi) is 4.75. The summed E-state index contributed by atoms with van der Waals surface area (Å²) in [7, 11) is 0. The molecule has 0 nitrogen and oxygen atoms in total. The van der Waals surface area contributed by atoms with Gasteiger partial charge in [0.2, 0.25) is 0 Å². The van der Waals surface area contributed by atoms with Crippen LogP contribution in [0, 0.1) is 5.92 Å². The van der Waals surface area contributed by atoms with E-state index in [0.717, 1.165) is 6.42 Å². The molecule has 0 aliphatic rings. The zero-order valence-electron chi connectivity index (χ0n) is 8.78. The maximum Gasteiger partial charge on any atom is 0.00321 e. The van der Waals surface area contributed by atoms with Crippen LogP contribution in [0.15, 0.2) is 41.9 Å². The van der Waals surface area contributed by atoms with E-state index in [2.05, 4.69) is 44.2 Å². The molecule has 0 amide bonds. The Bertz CT molecular complexity index is 275. The molecule has 1 atom stereocenters. The fourth-order valence-corrected chi connectivity index (χ4v) is 1.80. The summed E-state index contributed by atoms with van der Waals surface area (Å²) in [6.45, 7) is 4.47. The number of benzene rings is 1. The van der Waals surface area contributed by atoms with Crippen LogP contribution in [0.5, 0.6) is 0 Å². The Balaban J connectivity index is 2.78. The van der Waals surface area contributed by atoms with Crippen molar-refractivity contribution in [2.75, 3.05) is 0 Å². The molecule has 1 heteroatoms.